The average molecular weight is 298 g/mol. The first kappa shape index (κ1) is 19.9. The molecule has 4 nitrogen and oxygen atoms in total. The lowest BCUT2D eigenvalue weighted by Crippen LogP contribution is -2.25. The molecule has 0 bridgehead atoms. The van der Waals surface area contributed by atoms with Gasteiger partial charge in [0.1, 0.15) is 0 Å². The van der Waals surface area contributed by atoms with Crippen molar-refractivity contribution in [1.82, 2.24) is 10.6 Å². The Kier molecular flexibility index (Phi) is 12.0. The Morgan fingerprint density at radius 2 is 1.00 bits per heavy atom. The normalized spacial score (nSPS) is 11.0. The van der Waals surface area contributed by atoms with Gasteiger partial charge in [0.15, 0.2) is 0 Å². The van der Waals surface area contributed by atoms with Gasteiger partial charge in [-0.1, -0.05) is 47.0 Å². The molecule has 0 aromatic heterocycles. The van der Waals surface area contributed by atoms with Crippen LogP contribution in [0.25, 0.3) is 0 Å². The van der Waals surface area contributed by atoms with Crippen LogP contribution in [0.4, 0.5) is 0 Å². The lowest BCUT2D eigenvalue weighted by Gasteiger charge is -2.08. The molecule has 124 valence electrons. The molecular formula is C17H34N2O2. The summed E-state index contributed by atoms with van der Waals surface area (Å²) in [4.78, 5) is 22.8. The van der Waals surface area contributed by atoms with Crippen molar-refractivity contribution < 1.29 is 9.59 Å². The van der Waals surface area contributed by atoms with Crippen molar-refractivity contribution in [2.24, 2.45) is 11.8 Å². The van der Waals surface area contributed by atoms with E-state index in [0.717, 1.165) is 38.8 Å². The van der Waals surface area contributed by atoms with E-state index in [1.807, 2.05) is 0 Å². The van der Waals surface area contributed by atoms with Gasteiger partial charge in [-0.2, -0.15) is 0 Å². The van der Waals surface area contributed by atoms with E-state index in [4.69, 9.17) is 0 Å². The summed E-state index contributed by atoms with van der Waals surface area (Å²) >= 11 is 0. The monoisotopic (exact) mass is 298 g/mol. The third kappa shape index (κ3) is 15.2. The van der Waals surface area contributed by atoms with E-state index >= 15 is 0 Å². The van der Waals surface area contributed by atoms with Gasteiger partial charge in [0.25, 0.3) is 0 Å². The van der Waals surface area contributed by atoms with Gasteiger partial charge >= 0.3 is 0 Å². The van der Waals surface area contributed by atoms with Gasteiger partial charge in [-0.15, -0.1) is 0 Å². The first-order valence-corrected chi connectivity index (χ1v) is 8.45. The molecule has 0 aliphatic carbocycles. The van der Waals surface area contributed by atoms with E-state index in [9.17, 15) is 9.59 Å². The number of unbranched alkanes of at least 4 members (excludes halogenated alkanes) is 4. The van der Waals surface area contributed by atoms with E-state index in [1.54, 1.807) is 0 Å². The number of hydrogen-bond donors (Lipinski definition) is 2. The molecule has 0 aliphatic heterocycles. The Hall–Kier alpha value is -1.06. The number of amides is 2. The highest BCUT2D eigenvalue weighted by Crippen LogP contribution is 2.03. The quantitative estimate of drug-likeness (QED) is 0.543. The molecule has 0 saturated carbocycles. The molecule has 0 aromatic carbocycles. The average Bonchev–Trinajstić information content (AvgIpc) is 2.34. The summed E-state index contributed by atoms with van der Waals surface area (Å²) in [6.45, 7) is 9.80. The summed E-state index contributed by atoms with van der Waals surface area (Å²) in [5.41, 5.74) is 0. The van der Waals surface area contributed by atoms with E-state index in [2.05, 4.69) is 38.3 Å². The molecule has 4 heteroatoms. The van der Waals surface area contributed by atoms with Crippen LogP contribution < -0.4 is 10.6 Å². The van der Waals surface area contributed by atoms with Gasteiger partial charge in [-0.25, -0.2) is 0 Å². The minimum absolute atomic E-state index is 0.165. The number of carbonyl (C=O) groups is 2. The molecule has 0 heterocycles. The Labute approximate surface area is 130 Å². The SMILES string of the molecule is CC(C)CC(=O)NCCCCCCCNC(=O)CC(C)C. The fourth-order valence-electron chi connectivity index (χ4n) is 2.12. The fraction of sp³-hybridized carbons (Fsp3) is 0.882. The molecule has 0 radical (unpaired) electrons. The Morgan fingerprint density at radius 3 is 1.33 bits per heavy atom. The Morgan fingerprint density at radius 1 is 0.667 bits per heavy atom. The van der Waals surface area contributed by atoms with Crippen molar-refractivity contribution in [3.05, 3.63) is 0 Å². The second-order valence-electron chi connectivity index (χ2n) is 6.66. The highest BCUT2D eigenvalue weighted by molar-refractivity contribution is 5.76. The molecule has 0 saturated heterocycles. The lowest BCUT2D eigenvalue weighted by atomic mass is 10.1. The van der Waals surface area contributed by atoms with Gasteiger partial charge < -0.3 is 10.6 Å². The van der Waals surface area contributed by atoms with E-state index in [1.165, 1.54) is 6.42 Å². The van der Waals surface area contributed by atoms with Crippen molar-refractivity contribution in [3.8, 4) is 0 Å². The van der Waals surface area contributed by atoms with Crippen LogP contribution in [0.5, 0.6) is 0 Å². The molecule has 0 aliphatic rings. The highest BCUT2D eigenvalue weighted by Gasteiger charge is 2.04. The summed E-state index contributed by atoms with van der Waals surface area (Å²) in [5.74, 6) is 1.18. The van der Waals surface area contributed by atoms with E-state index in [-0.39, 0.29) is 11.8 Å². The number of nitrogens with one attached hydrogen (secondary N) is 2. The van der Waals surface area contributed by atoms with Gasteiger partial charge in [0, 0.05) is 25.9 Å². The predicted molar refractivity (Wildman–Crippen MR) is 88.0 cm³/mol. The van der Waals surface area contributed by atoms with Crippen LogP contribution in [-0.2, 0) is 9.59 Å². The molecule has 0 fully saturated rings. The molecule has 0 aromatic rings. The maximum atomic E-state index is 11.4. The topological polar surface area (TPSA) is 58.2 Å². The first-order valence-electron chi connectivity index (χ1n) is 8.45. The lowest BCUT2D eigenvalue weighted by molar-refractivity contribution is -0.122. The molecular weight excluding hydrogens is 264 g/mol. The largest absolute Gasteiger partial charge is 0.356 e. The molecule has 0 spiro atoms. The van der Waals surface area contributed by atoms with Crippen molar-refractivity contribution in [3.63, 3.8) is 0 Å². The van der Waals surface area contributed by atoms with Crippen LogP contribution in [0, 0.1) is 11.8 Å². The Balaban J connectivity index is 3.26. The third-order valence-electron chi connectivity index (χ3n) is 3.19. The third-order valence-corrected chi connectivity index (χ3v) is 3.19. The zero-order valence-electron chi connectivity index (χ0n) is 14.3. The maximum Gasteiger partial charge on any atom is 0.220 e. The van der Waals surface area contributed by atoms with E-state index in [0.29, 0.717) is 24.7 Å². The second-order valence-corrected chi connectivity index (χ2v) is 6.66. The molecule has 2 N–H and O–H groups in total. The van der Waals surface area contributed by atoms with Crippen molar-refractivity contribution >= 4 is 11.8 Å². The van der Waals surface area contributed by atoms with E-state index < -0.39 is 0 Å². The van der Waals surface area contributed by atoms with Gasteiger partial charge in [0.2, 0.25) is 11.8 Å². The number of carbonyl (C=O) groups excluding carboxylic acids is 2. The van der Waals surface area contributed by atoms with Crippen molar-refractivity contribution in [1.29, 1.82) is 0 Å². The van der Waals surface area contributed by atoms with Crippen LogP contribution in [0.1, 0.15) is 72.6 Å². The first-order chi connectivity index (χ1) is 9.91. The van der Waals surface area contributed by atoms with Crippen LogP contribution in [0.15, 0.2) is 0 Å². The minimum atomic E-state index is 0.165. The summed E-state index contributed by atoms with van der Waals surface area (Å²) in [5, 5.41) is 5.91. The standard InChI is InChI=1S/C17H34N2O2/c1-14(2)12-16(20)18-10-8-6-5-7-9-11-19-17(21)13-15(3)4/h14-15H,5-13H2,1-4H3,(H,18,20)(H,19,21). The molecule has 21 heavy (non-hydrogen) atoms. The van der Waals surface area contributed by atoms with Crippen LogP contribution in [-0.4, -0.2) is 24.9 Å². The summed E-state index contributed by atoms with van der Waals surface area (Å²) in [7, 11) is 0. The molecule has 0 rings (SSSR count). The van der Waals surface area contributed by atoms with Gasteiger partial charge in [-0.05, 0) is 24.7 Å². The maximum absolute atomic E-state index is 11.4. The summed E-state index contributed by atoms with van der Waals surface area (Å²) < 4.78 is 0. The summed E-state index contributed by atoms with van der Waals surface area (Å²) in [6, 6.07) is 0. The number of hydrogen-bond acceptors (Lipinski definition) is 2. The van der Waals surface area contributed by atoms with Gasteiger partial charge in [-0.3, -0.25) is 9.59 Å². The molecule has 0 atom stereocenters. The zero-order chi connectivity index (χ0) is 16.1. The predicted octanol–water partition coefficient (Wildman–Crippen LogP) is 3.26. The highest BCUT2D eigenvalue weighted by atomic mass is 16.2. The summed E-state index contributed by atoms with van der Waals surface area (Å²) in [6.07, 6.45) is 6.78. The number of rotatable bonds is 12. The van der Waals surface area contributed by atoms with Crippen LogP contribution in [0.3, 0.4) is 0 Å². The van der Waals surface area contributed by atoms with Crippen LogP contribution >= 0.6 is 0 Å². The Bertz CT molecular complexity index is 261. The van der Waals surface area contributed by atoms with Crippen molar-refractivity contribution in [2.45, 2.75) is 72.6 Å². The smallest absolute Gasteiger partial charge is 0.220 e. The van der Waals surface area contributed by atoms with Crippen LogP contribution in [0.2, 0.25) is 0 Å². The fourth-order valence-corrected chi connectivity index (χ4v) is 2.12. The second kappa shape index (κ2) is 12.7. The molecule has 2 amide bonds. The zero-order valence-corrected chi connectivity index (χ0v) is 14.3. The molecule has 0 unspecified atom stereocenters. The van der Waals surface area contributed by atoms with Gasteiger partial charge in [0.05, 0.1) is 0 Å². The van der Waals surface area contributed by atoms with Crippen molar-refractivity contribution in [2.75, 3.05) is 13.1 Å². The minimum Gasteiger partial charge on any atom is -0.356 e.